The van der Waals surface area contributed by atoms with E-state index in [4.69, 9.17) is 10.8 Å². The molecule has 0 aliphatic carbocycles. The van der Waals surface area contributed by atoms with E-state index in [1.165, 1.54) is 0 Å². The van der Waals surface area contributed by atoms with Crippen molar-refractivity contribution in [2.75, 3.05) is 20.1 Å². The number of likely N-dealkylation sites (tertiary alicyclic amines) is 1. The molecule has 0 spiro atoms. The van der Waals surface area contributed by atoms with Crippen LogP contribution in [0.3, 0.4) is 0 Å². The molecule has 1 fully saturated rings. The van der Waals surface area contributed by atoms with Gasteiger partial charge in [-0.1, -0.05) is 0 Å². The highest BCUT2D eigenvalue weighted by Crippen LogP contribution is 2.21. The molecule has 1 heterocycles. The monoisotopic (exact) mass is 214 g/mol. The van der Waals surface area contributed by atoms with E-state index in [-0.39, 0.29) is 12.5 Å². The van der Waals surface area contributed by atoms with Crippen LogP contribution in [0.25, 0.3) is 0 Å². The maximum Gasteiger partial charge on any atom is 0.303 e. The SMILES string of the molecule is CN1CCC(C(N)CCCC(=O)O)CC1. The van der Waals surface area contributed by atoms with E-state index in [2.05, 4.69) is 11.9 Å². The van der Waals surface area contributed by atoms with Gasteiger partial charge in [-0.05, 0) is 51.7 Å². The zero-order chi connectivity index (χ0) is 11.3. The summed E-state index contributed by atoms with van der Waals surface area (Å²) in [5.74, 6) is -0.124. The summed E-state index contributed by atoms with van der Waals surface area (Å²) < 4.78 is 0. The number of hydrogen-bond donors (Lipinski definition) is 2. The Morgan fingerprint density at radius 2 is 2.13 bits per heavy atom. The zero-order valence-electron chi connectivity index (χ0n) is 9.48. The van der Waals surface area contributed by atoms with Crippen LogP contribution in [-0.2, 0) is 4.79 Å². The lowest BCUT2D eigenvalue weighted by Crippen LogP contribution is -2.39. The second-order valence-electron chi connectivity index (χ2n) is 4.59. The van der Waals surface area contributed by atoms with Crippen LogP contribution < -0.4 is 5.73 Å². The fraction of sp³-hybridized carbons (Fsp3) is 0.909. The molecule has 88 valence electrons. The molecule has 0 aromatic carbocycles. The largest absolute Gasteiger partial charge is 0.481 e. The van der Waals surface area contributed by atoms with Crippen LogP contribution in [0.2, 0.25) is 0 Å². The molecule has 0 aromatic rings. The fourth-order valence-corrected chi connectivity index (χ4v) is 2.18. The highest BCUT2D eigenvalue weighted by molar-refractivity contribution is 5.66. The molecule has 1 saturated heterocycles. The number of nitrogens with zero attached hydrogens (tertiary/aromatic N) is 1. The first-order valence-electron chi connectivity index (χ1n) is 5.75. The van der Waals surface area contributed by atoms with E-state index in [1.54, 1.807) is 0 Å². The van der Waals surface area contributed by atoms with Gasteiger partial charge < -0.3 is 15.7 Å². The standard InChI is InChI=1S/C11H22N2O2/c1-13-7-5-9(6-8-13)10(12)3-2-4-11(14)15/h9-10H,2-8,12H2,1H3,(H,14,15). The van der Waals surface area contributed by atoms with Crippen LogP contribution in [-0.4, -0.2) is 42.2 Å². The average Bonchev–Trinajstić information content (AvgIpc) is 2.18. The van der Waals surface area contributed by atoms with Crippen molar-refractivity contribution < 1.29 is 9.90 Å². The molecule has 4 heteroatoms. The lowest BCUT2D eigenvalue weighted by atomic mass is 9.87. The minimum absolute atomic E-state index is 0.193. The quantitative estimate of drug-likeness (QED) is 0.714. The molecule has 0 amide bonds. The Bertz CT molecular complexity index is 201. The van der Waals surface area contributed by atoms with Gasteiger partial charge in [-0.15, -0.1) is 0 Å². The molecule has 1 atom stereocenters. The van der Waals surface area contributed by atoms with Crippen molar-refractivity contribution in [3.63, 3.8) is 0 Å². The van der Waals surface area contributed by atoms with Crippen LogP contribution in [0.1, 0.15) is 32.1 Å². The van der Waals surface area contributed by atoms with Gasteiger partial charge in [0.15, 0.2) is 0 Å². The molecular formula is C11H22N2O2. The van der Waals surface area contributed by atoms with Crippen molar-refractivity contribution in [3.05, 3.63) is 0 Å². The van der Waals surface area contributed by atoms with Gasteiger partial charge in [0, 0.05) is 12.5 Å². The molecule has 1 unspecified atom stereocenters. The van der Waals surface area contributed by atoms with Gasteiger partial charge in [-0.25, -0.2) is 0 Å². The van der Waals surface area contributed by atoms with Gasteiger partial charge in [-0.3, -0.25) is 4.79 Å². The van der Waals surface area contributed by atoms with E-state index < -0.39 is 5.97 Å². The Balaban J connectivity index is 2.16. The highest BCUT2D eigenvalue weighted by Gasteiger charge is 2.22. The van der Waals surface area contributed by atoms with Crippen LogP contribution in [0, 0.1) is 5.92 Å². The zero-order valence-corrected chi connectivity index (χ0v) is 9.48. The number of hydrogen-bond acceptors (Lipinski definition) is 3. The van der Waals surface area contributed by atoms with Gasteiger partial charge in [0.05, 0.1) is 0 Å². The topological polar surface area (TPSA) is 66.6 Å². The molecule has 15 heavy (non-hydrogen) atoms. The van der Waals surface area contributed by atoms with Crippen LogP contribution in [0.5, 0.6) is 0 Å². The third-order valence-electron chi connectivity index (χ3n) is 3.30. The molecule has 4 nitrogen and oxygen atoms in total. The molecular weight excluding hydrogens is 192 g/mol. The minimum atomic E-state index is -0.717. The minimum Gasteiger partial charge on any atom is -0.481 e. The maximum atomic E-state index is 10.4. The van der Waals surface area contributed by atoms with E-state index in [0.29, 0.717) is 12.3 Å². The number of carboxylic acid groups (broad SMARTS) is 1. The van der Waals surface area contributed by atoms with Crippen molar-refractivity contribution >= 4 is 5.97 Å². The van der Waals surface area contributed by atoms with Crippen molar-refractivity contribution in [1.82, 2.24) is 4.90 Å². The molecule has 1 aliphatic rings. The second kappa shape index (κ2) is 6.08. The summed E-state index contributed by atoms with van der Waals surface area (Å²) >= 11 is 0. The highest BCUT2D eigenvalue weighted by atomic mass is 16.4. The number of rotatable bonds is 5. The Labute approximate surface area is 91.4 Å². The lowest BCUT2D eigenvalue weighted by Gasteiger charge is -2.32. The van der Waals surface area contributed by atoms with Crippen molar-refractivity contribution in [2.45, 2.75) is 38.1 Å². The number of carboxylic acids is 1. The normalized spacial score (nSPS) is 21.5. The van der Waals surface area contributed by atoms with E-state index in [9.17, 15) is 4.79 Å². The molecule has 3 N–H and O–H groups in total. The summed E-state index contributed by atoms with van der Waals surface area (Å²) in [6, 6.07) is 0.193. The Morgan fingerprint density at radius 3 is 2.67 bits per heavy atom. The lowest BCUT2D eigenvalue weighted by molar-refractivity contribution is -0.137. The number of nitrogens with two attached hydrogens (primary N) is 1. The number of piperidine rings is 1. The maximum absolute atomic E-state index is 10.4. The van der Waals surface area contributed by atoms with E-state index >= 15 is 0 Å². The first-order chi connectivity index (χ1) is 7.09. The summed E-state index contributed by atoms with van der Waals surface area (Å²) in [6.07, 6.45) is 4.12. The first-order valence-corrected chi connectivity index (χ1v) is 5.75. The third-order valence-corrected chi connectivity index (χ3v) is 3.30. The van der Waals surface area contributed by atoms with E-state index in [0.717, 1.165) is 32.4 Å². The number of carbonyl (C=O) groups is 1. The fourth-order valence-electron chi connectivity index (χ4n) is 2.18. The van der Waals surface area contributed by atoms with Gasteiger partial charge >= 0.3 is 5.97 Å². The van der Waals surface area contributed by atoms with Crippen molar-refractivity contribution in [3.8, 4) is 0 Å². The molecule has 1 aliphatic heterocycles. The van der Waals surface area contributed by atoms with Crippen LogP contribution in [0.4, 0.5) is 0 Å². The van der Waals surface area contributed by atoms with Gasteiger partial charge in [0.1, 0.15) is 0 Å². The van der Waals surface area contributed by atoms with Gasteiger partial charge in [-0.2, -0.15) is 0 Å². The summed E-state index contributed by atoms with van der Waals surface area (Å²) in [6.45, 7) is 2.24. The molecule has 0 radical (unpaired) electrons. The Hall–Kier alpha value is -0.610. The summed E-state index contributed by atoms with van der Waals surface area (Å²) in [5.41, 5.74) is 6.07. The summed E-state index contributed by atoms with van der Waals surface area (Å²) in [4.78, 5) is 12.7. The van der Waals surface area contributed by atoms with Gasteiger partial charge in [0.25, 0.3) is 0 Å². The molecule has 0 bridgehead atoms. The second-order valence-corrected chi connectivity index (χ2v) is 4.59. The van der Waals surface area contributed by atoms with Crippen molar-refractivity contribution in [2.24, 2.45) is 11.7 Å². The smallest absolute Gasteiger partial charge is 0.303 e. The predicted molar refractivity (Wildman–Crippen MR) is 59.7 cm³/mol. The first kappa shape index (κ1) is 12.5. The number of aliphatic carboxylic acids is 1. The summed E-state index contributed by atoms with van der Waals surface area (Å²) in [7, 11) is 2.13. The molecule has 0 saturated carbocycles. The van der Waals surface area contributed by atoms with Crippen LogP contribution >= 0.6 is 0 Å². The Kier molecular flexibility index (Phi) is 5.05. The predicted octanol–water partition coefficient (Wildman–Crippen LogP) is 0.910. The summed E-state index contributed by atoms with van der Waals surface area (Å²) in [5, 5.41) is 8.52. The molecule has 1 rings (SSSR count). The third kappa shape index (κ3) is 4.62. The average molecular weight is 214 g/mol. The Morgan fingerprint density at radius 1 is 1.53 bits per heavy atom. The van der Waals surface area contributed by atoms with Gasteiger partial charge in [0.2, 0.25) is 0 Å². The van der Waals surface area contributed by atoms with E-state index in [1.807, 2.05) is 0 Å². The van der Waals surface area contributed by atoms with Crippen molar-refractivity contribution in [1.29, 1.82) is 0 Å². The van der Waals surface area contributed by atoms with Crippen LogP contribution in [0.15, 0.2) is 0 Å². The molecule has 0 aromatic heterocycles.